The molecule has 0 saturated heterocycles. The third-order valence-corrected chi connectivity index (χ3v) is 0.685. The van der Waals surface area contributed by atoms with Crippen LogP contribution in [-0.4, -0.2) is 12.5 Å². The summed E-state index contributed by atoms with van der Waals surface area (Å²) >= 11 is 0. The highest BCUT2D eigenvalue weighted by molar-refractivity contribution is 5.87. The van der Waals surface area contributed by atoms with Gasteiger partial charge < -0.3 is 4.74 Å². The van der Waals surface area contributed by atoms with E-state index >= 15 is 0 Å². The highest BCUT2D eigenvalue weighted by Crippen LogP contribution is 1.83. The smallest absolute Gasteiger partial charge is 0.212 e. The first-order valence-electron chi connectivity index (χ1n) is 2.79. The van der Waals surface area contributed by atoms with Crippen LogP contribution in [0.5, 0.6) is 0 Å². The van der Waals surface area contributed by atoms with E-state index in [1.165, 1.54) is 6.20 Å². The van der Waals surface area contributed by atoms with Gasteiger partial charge in [0.2, 0.25) is 5.90 Å². The highest BCUT2D eigenvalue weighted by Gasteiger charge is 1.85. The van der Waals surface area contributed by atoms with Crippen LogP contribution >= 0.6 is 0 Å². The van der Waals surface area contributed by atoms with E-state index in [0.717, 1.165) is 0 Å². The van der Waals surface area contributed by atoms with Crippen molar-refractivity contribution in [1.82, 2.24) is 0 Å². The van der Waals surface area contributed by atoms with Crippen LogP contribution in [0.15, 0.2) is 30.4 Å². The Balaban J connectivity index is 3.80. The number of ether oxygens (including phenoxy) is 1. The molecular formula is C7H11NO. The molecule has 0 aromatic heterocycles. The summed E-state index contributed by atoms with van der Waals surface area (Å²) in [6, 6.07) is 0. The molecule has 0 aromatic rings. The fourth-order valence-electron chi connectivity index (χ4n) is 0.387. The van der Waals surface area contributed by atoms with E-state index in [4.69, 9.17) is 4.74 Å². The molecule has 2 heteroatoms. The van der Waals surface area contributed by atoms with E-state index in [9.17, 15) is 0 Å². The van der Waals surface area contributed by atoms with E-state index in [1.807, 2.05) is 6.92 Å². The lowest BCUT2D eigenvalue weighted by atomic mass is 10.6. The van der Waals surface area contributed by atoms with Crippen molar-refractivity contribution in [2.75, 3.05) is 6.61 Å². The van der Waals surface area contributed by atoms with Crippen LogP contribution in [0, 0.1) is 0 Å². The Morgan fingerprint density at radius 2 is 2.33 bits per heavy atom. The number of rotatable bonds is 3. The van der Waals surface area contributed by atoms with Gasteiger partial charge in [0.15, 0.2) is 0 Å². The van der Waals surface area contributed by atoms with Gasteiger partial charge in [0.05, 0.1) is 6.61 Å². The van der Waals surface area contributed by atoms with E-state index < -0.39 is 0 Å². The molecule has 0 N–H and O–H groups in total. The van der Waals surface area contributed by atoms with E-state index in [2.05, 4.69) is 18.2 Å². The van der Waals surface area contributed by atoms with Gasteiger partial charge in [0.25, 0.3) is 0 Å². The lowest BCUT2D eigenvalue weighted by Crippen LogP contribution is -1.98. The van der Waals surface area contributed by atoms with Gasteiger partial charge in [0.1, 0.15) is 0 Å². The van der Waals surface area contributed by atoms with Crippen LogP contribution < -0.4 is 0 Å². The van der Waals surface area contributed by atoms with Crippen molar-refractivity contribution in [2.45, 2.75) is 6.92 Å². The van der Waals surface area contributed by atoms with Crippen LogP contribution in [-0.2, 0) is 4.74 Å². The van der Waals surface area contributed by atoms with Crippen molar-refractivity contribution in [3.63, 3.8) is 0 Å². The summed E-state index contributed by atoms with van der Waals surface area (Å²) in [6.45, 7) is 9.41. The molecular weight excluding hydrogens is 114 g/mol. The fourth-order valence-corrected chi connectivity index (χ4v) is 0.387. The molecule has 0 amide bonds. The first-order chi connectivity index (χ1) is 4.35. The summed E-state index contributed by atoms with van der Waals surface area (Å²) in [5.74, 6) is 0.521. The molecule has 0 aliphatic carbocycles. The molecule has 0 bridgehead atoms. The molecule has 50 valence electrons. The van der Waals surface area contributed by atoms with Gasteiger partial charge in [-0.3, -0.25) is 0 Å². The molecule has 0 saturated carbocycles. The summed E-state index contributed by atoms with van der Waals surface area (Å²) in [7, 11) is 0. The average Bonchev–Trinajstić information content (AvgIpc) is 1.88. The van der Waals surface area contributed by atoms with Crippen molar-refractivity contribution in [3.05, 3.63) is 25.4 Å². The topological polar surface area (TPSA) is 21.6 Å². The number of aliphatic imine (C=N–C) groups is 1. The predicted molar refractivity (Wildman–Crippen MR) is 39.5 cm³/mol. The molecule has 0 aliphatic rings. The third-order valence-electron chi connectivity index (χ3n) is 0.685. The van der Waals surface area contributed by atoms with Gasteiger partial charge in [-0.05, 0) is 13.0 Å². The standard InChI is InChI=1S/C7H11NO/c1-4-7(8-5-2)9-6-3/h4-5H,1-2,6H2,3H3. The highest BCUT2D eigenvalue weighted by atomic mass is 16.5. The molecule has 0 atom stereocenters. The molecule has 0 heterocycles. The monoisotopic (exact) mass is 125 g/mol. The molecule has 0 radical (unpaired) electrons. The Labute approximate surface area is 55.6 Å². The van der Waals surface area contributed by atoms with Crippen LogP contribution in [0.25, 0.3) is 0 Å². The first-order valence-corrected chi connectivity index (χ1v) is 2.79. The summed E-state index contributed by atoms with van der Waals surface area (Å²) in [5.41, 5.74) is 0. The van der Waals surface area contributed by atoms with E-state index in [0.29, 0.717) is 12.5 Å². The van der Waals surface area contributed by atoms with Crippen molar-refractivity contribution in [2.24, 2.45) is 4.99 Å². The van der Waals surface area contributed by atoms with Crippen molar-refractivity contribution >= 4 is 5.90 Å². The lowest BCUT2D eigenvalue weighted by molar-refractivity contribution is 0.330. The quantitative estimate of drug-likeness (QED) is 0.416. The van der Waals surface area contributed by atoms with Crippen molar-refractivity contribution < 1.29 is 4.74 Å². The van der Waals surface area contributed by atoms with Crippen LogP contribution in [0.4, 0.5) is 0 Å². The van der Waals surface area contributed by atoms with Gasteiger partial charge >= 0.3 is 0 Å². The van der Waals surface area contributed by atoms with Gasteiger partial charge in [-0.2, -0.15) is 0 Å². The molecule has 0 fully saturated rings. The molecule has 0 rings (SSSR count). The lowest BCUT2D eigenvalue weighted by Gasteiger charge is -1.97. The Kier molecular flexibility index (Phi) is 4.50. The summed E-state index contributed by atoms with van der Waals surface area (Å²) < 4.78 is 4.99. The van der Waals surface area contributed by atoms with E-state index in [1.54, 1.807) is 6.08 Å². The molecule has 0 aliphatic heterocycles. The van der Waals surface area contributed by atoms with Crippen LogP contribution in [0.2, 0.25) is 0 Å². The Hall–Kier alpha value is -1.05. The normalized spacial score (nSPS) is 10.6. The fraction of sp³-hybridized carbons (Fsp3) is 0.286. The molecule has 0 unspecified atom stereocenters. The number of nitrogens with zero attached hydrogens (tertiary/aromatic N) is 1. The first kappa shape index (κ1) is 7.95. The molecule has 9 heavy (non-hydrogen) atoms. The second-order valence-electron chi connectivity index (χ2n) is 1.29. The zero-order valence-electron chi connectivity index (χ0n) is 5.63. The minimum absolute atomic E-state index is 0.521. The van der Waals surface area contributed by atoms with Crippen molar-refractivity contribution in [1.29, 1.82) is 0 Å². The molecule has 0 spiro atoms. The van der Waals surface area contributed by atoms with E-state index in [-0.39, 0.29) is 0 Å². The second-order valence-corrected chi connectivity index (χ2v) is 1.29. The predicted octanol–water partition coefficient (Wildman–Crippen LogP) is 1.75. The second kappa shape index (κ2) is 5.09. The number of hydrogen-bond acceptors (Lipinski definition) is 2. The van der Waals surface area contributed by atoms with Gasteiger partial charge in [-0.25, -0.2) is 4.99 Å². The number of hydrogen-bond donors (Lipinski definition) is 0. The minimum atomic E-state index is 0.521. The maximum absolute atomic E-state index is 4.99. The maximum Gasteiger partial charge on any atom is 0.212 e. The molecule has 0 aromatic carbocycles. The summed E-state index contributed by atoms with van der Waals surface area (Å²) in [5, 5.41) is 0. The van der Waals surface area contributed by atoms with Crippen LogP contribution in [0.1, 0.15) is 6.92 Å². The van der Waals surface area contributed by atoms with Crippen LogP contribution in [0.3, 0.4) is 0 Å². The van der Waals surface area contributed by atoms with Gasteiger partial charge in [-0.15, -0.1) is 0 Å². The Morgan fingerprint density at radius 1 is 1.67 bits per heavy atom. The zero-order chi connectivity index (χ0) is 7.11. The van der Waals surface area contributed by atoms with Gasteiger partial charge in [0, 0.05) is 6.20 Å². The Morgan fingerprint density at radius 3 is 2.67 bits per heavy atom. The third kappa shape index (κ3) is 3.53. The minimum Gasteiger partial charge on any atom is -0.478 e. The maximum atomic E-state index is 4.99. The van der Waals surface area contributed by atoms with Crippen molar-refractivity contribution in [3.8, 4) is 0 Å². The largest absolute Gasteiger partial charge is 0.478 e. The zero-order valence-corrected chi connectivity index (χ0v) is 5.63. The summed E-state index contributed by atoms with van der Waals surface area (Å²) in [4.78, 5) is 3.77. The summed E-state index contributed by atoms with van der Waals surface area (Å²) in [6.07, 6.45) is 2.97. The SMILES string of the molecule is C=CN=C(C=C)OCC. The average molecular weight is 125 g/mol. The van der Waals surface area contributed by atoms with Gasteiger partial charge in [-0.1, -0.05) is 13.2 Å². The Bertz CT molecular complexity index is 127. The molecule has 2 nitrogen and oxygen atoms in total.